The van der Waals surface area contributed by atoms with Gasteiger partial charge < -0.3 is 14.6 Å². The Morgan fingerprint density at radius 3 is 3.00 bits per heavy atom. The van der Waals surface area contributed by atoms with Crippen LogP contribution in [0.25, 0.3) is 10.9 Å². The third-order valence-electron chi connectivity index (χ3n) is 3.09. The van der Waals surface area contributed by atoms with E-state index < -0.39 is 0 Å². The van der Waals surface area contributed by atoms with E-state index in [-0.39, 0.29) is 12.5 Å². The monoisotopic (exact) mass is 274 g/mol. The van der Waals surface area contributed by atoms with Gasteiger partial charge in [0.2, 0.25) is 5.91 Å². The maximum Gasteiger partial charge on any atom is 0.239 e. The lowest BCUT2D eigenvalue weighted by molar-refractivity contribution is -0.121. The summed E-state index contributed by atoms with van der Waals surface area (Å²) in [5, 5.41) is 3.81. The van der Waals surface area contributed by atoms with Gasteiger partial charge in [-0.25, -0.2) is 0 Å². The summed E-state index contributed by atoms with van der Waals surface area (Å²) in [7, 11) is 1.64. The number of benzene rings is 1. The number of hydrogen-bond acceptors (Lipinski definition) is 3. The first-order valence-electron chi connectivity index (χ1n) is 6.54. The summed E-state index contributed by atoms with van der Waals surface area (Å²) in [6.45, 7) is 1.53. The van der Waals surface area contributed by atoms with Gasteiger partial charge in [-0.05, 0) is 30.7 Å². The normalized spacial score (nSPS) is 10.7. The van der Waals surface area contributed by atoms with E-state index in [4.69, 9.17) is 4.74 Å². The summed E-state index contributed by atoms with van der Waals surface area (Å²) in [5.74, 6) is -0.0296. The van der Waals surface area contributed by atoms with Crippen molar-refractivity contribution in [2.45, 2.75) is 13.0 Å². The Kier molecular flexibility index (Phi) is 4.90. The van der Waals surface area contributed by atoms with Crippen molar-refractivity contribution in [3.05, 3.63) is 36.0 Å². The molecule has 5 nitrogen and oxygen atoms in total. The molecule has 1 N–H and O–H groups in total. The highest BCUT2D eigenvalue weighted by atomic mass is 16.5. The van der Waals surface area contributed by atoms with Crippen LogP contribution in [-0.4, -0.2) is 37.0 Å². The van der Waals surface area contributed by atoms with Gasteiger partial charge in [0.05, 0.1) is 0 Å². The Bertz CT molecular complexity index is 604. The number of hydrogen-bond donors (Lipinski definition) is 1. The summed E-state index contributed by atoms with van der Waals surface area (Å²) < 4.78 is 6.79. The molecular formula is C15H18N2O3. The van der Waals surface area contributed by atoms with E-state index in [2.05, 4.69) is 5.32 Å². The van der Waals surface area contributed by atoms with Crippen molar-refractivity contribution in [1.29, 1.82) is 0 Å². The van der Waals surface area contributed by atoms with Crippen molar-refractivity contribution in [1.82, 2.24) is 9.88 Å². The van der Waals surface area contributed by atoms with Crippen LogP contribution in [0.3, 0.4) is 0 Å². The second-order valence-corrected chi connectivity index (χ2v) is 4.58. The molecule has 2 aromatic rings. The molecule has 106 valence electrons. The van der Waals surface area contributed by atoms with Gasteiger partial charge in [-0.1, -0.05) is 0 Å². The lowest BCUT2D eigenvalue weighted by Crippen LogP contribution is -2.28. The smallest absolute Gasteiger partial charge is 0.239 e. The topological polar surface area (TPSA) is 60.3 Å². The van der Waals surface area contributed by atoms with E-state index >= 15 is 0 Å². The van der Waals surface area contributed by atoms with Crippen molar-refractivity contribution in [2.24, 2.45) is 0 Å². The fraction of sp³-hybridized carbons (Fsp3) is 0.333. The van der Waals surface area contributed by atoms with E-state index in [1.54, 1.807) is 13.2 Å². The highest BCUT2D eigenvalue weighted by molar-refractivity contribution is 5.88. The van der Waals surface area contributed by atoms with Gasteiger partial charge in [0, 0.05) is 42.9 Å². The van der Waals surface area contributed by atoms with Crippen molar-refractivity contribution in [3.8, 4) is 0 Å². The molecule has 5 heteroatoms. The van der Waals surface area contributed by atoms with E-state index in [0.717, 1.165) is 23.6 Å². The van der Waals surface area contributed by atoms with E-state index in [1.807, 2.05) is 29.0 Å². The minimum absolute atomic E-state index is 0.0296. The predicted octanol–water partition coefficient (Wildman–Crippen LogP) is 1.61. The molecule has 0 radical (unpaired) electrons. The van der Waals surface area contributed by atoms with E-state index in [0.29, 0.717) is 18.7 Å². The average Bonchev–Trinajstić information content (AvgIpc) is 2.86. The molecule has 1 aromatic carbocycles. The average molecular weight is 274 g/mol. The second kappa shape index (κ2) is 6.86. The maximum absolute atomic E-state index is 11.8. The van der Waals surface area contributed by atoms with Crippen molar-refractivity contribution < 1.29 is 14.3 Å². The van der Waals surface area contributed by atoms with Crippen LogP contribution in [0, 0.1) is 0 Å². The molecule has 0 aliphatic carbocycles. The third kappa shape index (κ3) is 3.45. The highest BCUT2D eigenvalue weighted by Crippen LogP contribution is 2.16. The molecule has 0 saturated carbocycles. The molecule has 0 aliphatic heterocycles. The molecule has 2 rings (SSSR count). The molecule has 0 unspecified atom stereocenters. The zero-order valence-electron chi connectivity index (χ0n) is 11.5. The van der Waals surface area contributed by atoms with Crippen LogP contribution in [0.2, 0.25) is 0 Å². The van der Waals surface area contributed by atoms with Gasteiger partial charge >= 0.3 is 0 Å². The first-order valence-corrected chi connectivity index (χ1v) is 6.54. The summed E-state index contributed by atoms with van der Waals surface area (Å²) >= 11 is 0. The molecular weight excluding hydrogens is 256 g/mol. The fourth-order valence-corrected chi connectivity index (χ4v) is 2.08. The lowest BCUT2D eigenvalue weighted by Gasteiger charge is -2.07. The molecule has 1 amide bonds. The lowest BCUT2D eigenvalue weighted by atomic mass is 10.2. The third-order valence-corrected chi connectivity index (χ3v) is 3.09. The standard InChI is InChI=1S/C15H18N2O3/c1-20-8-2-6-16-15(19)10-17-7-5-13-9-12(11-18)3-4-14(13)17/h3-5,7,9,11H,2,6,8,10H2,1H3,(H,16,19). The Morgan fingerprint density at radius 1 is 1.40 bits per heavy atom. The minimum atomic E-state index is -0.0296. The van der Waals surface area contributed by atoms with Gasteiger partial charge in [0.1, 0.15) is 12.8 Å². The largest absolute Gasteiger partial charge is 0.385 e. The minimum Gasteiger partial charge on any atom is -0.385 e. The molecule has 0 bridgehead atoms. The van der Waals surface area contributed by atoms with Gasteiger partial charge in [-0.15, -0.1) is 0 Å². The number of methoxy groups -OCH3 is 1. The predicted molar refractivity (Wildman–Crippen MR) is 76.8 cm³/mol. The van der Waals surface area contributed by atoms with Crippen LogP contribution >= 0.6 is 0 Å². The first kappa shape index (κ1) is 14.3. The number of carbonyl (C=O) groups excluding carboxylic acids is 2. The molecule has 1 heterocycles. The van der Waals surface area contributed by atoms with Gasteiger partial charge in [-0.2, -0.15) is 0 Å². The maximum atomic E-state index is 11.8. The summed E-state index contributed by atoms with van der Waals surface area (Å²) in [6, 6.07) is 7.33. The Hall–Kier alpha value is -2.14. The number of rotatable bonds is 7. The van der Waals surface area contributed by atoms with Crippen LogP contribution in [-0.2, 0) is 16.1 Å². The number of aldehydes is 1. The zero-order chi connectivity index (χ0) is 14.4. The van der Waals surface area contributed by atoms with E-state index in [9.17, 15) is 9.59 Å². The van der Waals surface area contributed by atoms with E-state index in [1.165, 1.54) is 0 Å². The molecule has 1 aromatic heterocycles. The van der Waals surface area contributed by atoms with Crippen molar-refractivity contribution in [3.63, 3.8) is 0 Å². The van der Waals surface area contributed by atoms with Crippen LogP contribution in [0.15, 0.2) is 30.5 Å². The molecule has 20 heavy (non-hydrogen) atoms. The quantitative estimate of drug-likeness (QED) is 0.616. The molecule has 0 saturated heterocycles. The first-order chi connectivity index (χ1) is 9.74. The summed E-state index contributed by atoms with van der Waals surface area (Å²) in [5.41, 5.74) is 1.59. The number of carbonyl (C=O) groups is 2. The summed E-state index contributed by atoms with van der Waals surface area (Å²) in [6.07, 6.45) is 3.48. The van der Waals surface area contributed by atoms with Crippen molar-refractivity contribution in [2.75, 3.05) is 20.3 Å². The molecule has 0 aliphatic rings. The van der Waals surface area contributed by atoms with Crippen LogP contribution in [0.1, 0.15) is 16.8 Å². The molecule has 0 atom stereocenters. The summed E-state index contributed by atoms with van der Waals surface area (Å²) in [4.78, 5) is 22.5. The molecule has 0 fully saturated rings. The second-order valence-electron chi connectivity index (χ2n) is 4.58. The Balaban J connectivity index is 1.99. The molecule has 0 spiro atoms. The number of fused-ring (bicyclic) bond motifs is 1. The Labute approximate surface area is 117 Å². The number of ether oxygens (including phenoxy) is 1. The zero-order valence-corrected chi connectivity index (χ0v) is 11.5. The van der Waals surface area contributed by atoms with Crippen LogP contribution < -0.4 is 5.32 Å². The van der Waals surface area contributed by atoms with Crippen molar-refractivity contribution >= 4 is 23.1 Å². The SMILES string of the molecule is COCCCNC(=O)Cn1ccc2cc(C=O)ccc21. The number of aromatic nitrogens is 1. The van der Waals surface area contributed by atoms with Gasteiger partial charge in [0.25, 0.3) is 0 Å². The fourth-order valence-electron chi connectivity index (χ4n) is 2.08. The highest BCUT2D eigenvalue weighted by Gasteiger charge is 2.06. The van der Waals surface area contributed by atoms with Crippen LogP contribution in [0.5, 0.6) is 0 Å². The van der Waals surface area contributed by atoms with Crippen LogP contribution in [0.4, 0.5) is 0 Å². The van der Waals surface area contributed by atoms with Gasteiger partial charge in [-0.3, -0.25) is 9.59 Å². The number of amides is 1. The number of nitrogens with zero attached hydrogens (tertiary/aromatic N) is 1. The number of nitrogens with one attached hydrogen (secondary N) is 1. The Morgan fingerprint density at radius 2 is 2.25 bits per heavy atom. The van der Waals surface area contributed by atoms with Gasteiger partial charge in [0.15, 0.2) is 0 Å².